The highest BCUT2D eigenvalue weighted by atomic mass is 16.5. The Kier molecular flexibility index (Phi) is 5.38. The lowest BCUT2D eigenvalue weighted by molar-refractivity contribution is 0.167. The minimum atomic E-state index is -0.479. The Bertz CT molecular complexity index is 357. The number of benzene rings is 1. The van der Waals surface area contributed by atoms with Crippen molar-refractivity contribution in [1.82, 2.24) is 0 Å². The Morgan fingerprint density at radius 3 is 2.88 bits per heavy atom. The van der Waals surface area contributed by atoms with Gasteiger partial charge in [-0.2, -0.15) is 5.26 Å². The van der Waals surface area contributed by atoms with Gasteiger partial charge < -0.3 is 9.84 Å². The summed E-state index contributed by atoms with van der Waals surface area (Å²) in [7, 11) is 0. The molecule has 1 N–H and O–H groups in total. The van der Waals surface area contributed by atoms with E-state index in [1.54, 1.807) is 0 Å². The van der Waals surface area contributed by atoms with Crippen LogP contribution in [0, 0.1) is 11.3 Å². The van der Waals surface area contributed by atoms with Gasteiger partial charge in [-0.05, 0) is 18.9 Å². The van der Waals surface area contributed by atoms with Crippen LogP contribution in [-0.2, 0) is 0 Å². The van der Waals surface area contributed by atoms with Crippen LogP contribution in [-0.4, -0.2) is 11.7 Å². The molecule has 0 saturated heterocycles. The van der Waals surface area contributed by atoms with Crippen LogP contribution in [0.25, 0.3) is 0 Å². The van der Waals surface area contributed by atoms with E-state index in [0.717, 1.165) is 11.3 Å². The third kappa shape index (κ3) is 3.56. The number of ether oxygens (including phenoxy) is 1. The molecule has 16 heavy (non-hydrogen) atoms. The zero-order chi connectivity index (χ0) is 11.8. The van der Waals surface area contributed by atoms with Gasteiger partial charge in [0.25, 0.3) is 0 Å². The van der Waals surface area contributed by atoms with Gasteiger partial charge in [-0.25, -0.2) is 0 Å². The second-order valence-corrected chi connectivity index (χ2v) is 3.57. The maximum atomic E-state index is 9.78. The number of aliphatic hydroxyl groups excluding tert-OH is 1. The van der Waals surface area contributed by atoms with Crippen molar-refractivity contribution in [3.05, 3.63) is 29.8 Å². The van der Waals surface area contributed by atoms with Crippen molar-refractivity contribution in [3.8, 4) is 11.8 Å². The van der Waals surface area contributed by atoms with Crippen LogP contribution in [0.1, 0.15) is 37.9 Å². The summed E-state index contributed by atoms with van der Waals surface area (Å²) in [5.41, 5.74) is 0.821. The summed E-state index contributed by atoms with van der Waals surface area (Å²) in [6.45, 7) is 2.44. The number of hydrogen-bond acceptors (Lipinski definition) is 3. The van der Waals surface area contributed by atoms with Crippen molar-refractivity contribution in [3.63, 3.8) is 0 Å². The van der Waals surface area contributed by atoms with Crippen LogP contribution in [0.4, 0.5) is 0 Å². The van der Waals surface area contributed by atoms with E-state index >= 15 is 0 Å². The Morgan fingerprint density at radius 2 is 2.19 bits per heavy atom. The maximum absolute atomic E-state index is 9.78. The smallest absolute Gasteiger partial charge is 0.125 e. The number of hydrogen-bond donors (Lipinski definition) is 1. The number of nitrogens with zero attached hydrogens (tertiary/aromatic N) is 1. The van der Waals surface area contributed by atoms with Crippen molar-refractivity contribution in [2.45, 2.75) is 32.3 Å². The van der Waals surface area contributed by atoms with Gasteiger partial charge in [-0.15, -0.1) is 0 Å². The van der Waals surface area contributed by atoms with E-state index in [0.29, 0.717) is 25.9 Å². The zero-order valence-corrected chi connectivity index (χ0v) is 9.52. The van der Waals surface area contributed by atoms with Gasteiger partial charge in [-0.3, -0.25) is 0 Å². The molecule has 1 rings (SSSR count). The Labute approximate surface area is 96.3 Å². The fraction of sp³-hybridized carbons (Fsp3) is 0.462. The van der Waals surface area contributed by atoms with E-state index in [-0.39, 0.29) is 0 Å². The van der Waals surface area contributed by atoms with E-state index in [4.69, 9.17) is 10.00 Å². The maximum Gasteiger partial charge on any atom is 0.125 e. The monoisotopic (exact) mass is 219 g/mol. The molecule has 0 bridgehead atoms. The van der Waals surface area contributed by atoms with Crippen LogP contribution in [0.15, 0.2) is 24.3 Å². The van der Waals surface area contributed by atoms with Crippen molar-refractivity contribution in [1.29, 1.82) is 5.26 Å². The van der Waals surface area contributed by atoms with Gasteiger partial charge in [0.1, 0.15) is 5.75 Å². The number of aliphatic hydroxyl groups is 1. The summed E-state index contributed by atoms with van der Waals surface area (Å²) in [4.78, 5) is 0. The fourth-order valence-corrected chi connectivity index (χ4v) is 1.44. The predicted octanol–water partition coefficient (Wildman–Crippen LogP) is 2.81. The number of unbranched alkanes of at least 4 members (excludes halogenated alkanes) is 1. The number of nitriles is 1. The van der Waals surface area contributed by atoms with Gasteiger partial charge in [-0.1, -0.05) is 25.1 Å². The highest BCUT2D eigenvalue weighted by Crippen LogP contribution is 2.26. The van der Waals surface area contributed by atoms with Crippen molar-refractivity contribution < 1.29 is 9.84 Å². The molecular weight excluding hydrogens is 202 g/mol. The third-order valence-corrected chi connectivity index (χ3v) is 2.36. The molecular formula is C13H17NO2. The topological polar surface area (TPSA) is 53.2 Å². The molecule has 1 atom stereocenters. The molecule has 0 saturated carbocycles. The van der Waals surface area contributed by atoms with Gasteiger partial charge in [0, 0.05) is 12.0 Å². The summed E-state index contributed by atoms with van der Waals surface area (Å²) in [6.07, 6.45) is 1.40. The molecule has 0 unspecified atom stereocenters. The van der Waals surface area contributed by atoms with Gasteiger partial charge in [0.2, 0.25) is 0 Å². The highest BCUT2D eigenvalue weighted by molar-refractivity contribution is 5.34. The molecule has 0 aromatic heterocycles. The molecule has 0 heterocycles. The Balaban J connectivity index is 2.61. The molecule has 3 nitrogen and oxygen atoms in total. The first-order chi connectivity index (χ1) is 7.79. The second-order valence-electron chi connectivity index (χ2n) is 3.57. The molecule has 0 spiro atoms. The van der Waals surface area contributed by atoms with Gasteiger partial charge in [0.15, 0.2) is 0 Å². The van der Waals surface area contributed by atoms with E-state index in [1.807, 2.05) is 31.2 Å². The normalized spacial score (nSPS) is 11.8. The van der Waals surface area contributed by atoms with Gasteiger partial charge >= 0.3 is 0 Å². The first-order valence-corrected chi connectivity index (χ1v) is 5.56. The molecule has 0 aliphatic rings. The molecule has 86 valence electrons. The largest absolute Gasteiger partial charge is 0.493 e. The van der Waals surface area contributed by atoms with Crippen LogP contribution < -0.4 is 4.74 Å². The van der Waals surface area contributed by atoms with E-state index in [9.17, 15) is 5.11 Å². The van der Waals surface area contributed by atoms with Crippen LogP contribution in [0.3, 0.4) is 0 Å². The summed E-state index contributed by atoms with van der Waals surface area (Å²) in [5, 5.41) is 18.2. The molecule has 0 aliphatic heterocycles. The van der Waals surface area contributed by atoms with Crippen LogP contribution in [0.2, 0.25) is 0 Å². The SMILES string of the molecule is CC[C@@H](O)c1ccccc1OCCCC#N. The van der Waals surface area contributed by atoms with Gasteiger partial charge in [0.05, 0.1) is 18.8 Å². The molecule has 3 heteroatoms. The Morgan fingerprint density at radius 1 is 1.44 bits per heavy atom. The zero-order valence-electron chi connectivity index (χ0n) is 9.52. The first-order valence-electron chi connectivity index (χ1n) is 5.56. The van der Waals surface area contributed by atoms with Crippen molar-refractivity contribution in [2.75, 3.05) is 6.61 Å². The summed E-state index contributed by atoms with van der Waals surface area (Å²) < 4.78 is 5.55. The average molecular weight is 219 g/mol. The first kappa shape index (κ1) is 12.5. The minimum Gasteiger partial charge on any atom is -0.493 e. The lowest BCUT2D eigenvalue weighted by Gasteiger charge is -2.14. The average Bonchev–Trinajstić information content (AvgIpc) is 2.34. The molecule has 0 aliphatic carbocycles. The molecule has 0 radical (unpaired) electrons. The Hall–Kier alpha value is -1.53. The fourth-order valence-electron chi connectivity index (χ4n) is 1.44. The van der Waals surface area contributed by atoms with E-state index in [1.165, 1.54) is 0 Å². The summed E-state index contributed by atoms with van der Waals surface area (Å²) >= 11 is 0. The number of rotatable bonds is 6. The molecule has 0 fully saturated rings. The summed E-state index contributed by atoms with van der Waals surface area (Å²) in [5.74, 6) is 0.717. The molecule has 1 aromatic rings. The quantitative estimate of drug-likeness (QED) is 0.748. The minimum absolute atomic E-state index is 0.479. The molecule has 0 amide bonds. The second kappa shape index (κ2) is 6.86. The molecule has 1 aromatic carbocycles. The lowest BCUT2D eigenvalue weighted by atomic mass is 10.1. The third-order valence-electron chi connectivity index (χ3n) is 2.36. The van der Waals surface area contributed by atoms with Crippen molar-refractivity contribution >= 4 is 0 Å². The lowest BCUT2D eigenvalue weighted by Crippen LogP contribution is -2.03. The van der Waals surface area contributed by atoms with Crippen LogP contribution >= 0.6 is 0 Å². The number of para-hydroxylation sites is 1. The van der Waals surface area contributed by atoms with E-state index < -0.39 is 6.10 Å². The standard InChI is InChI=1S/C13H17NO2/c1-2-12(15)11-7-3-4-8-13(11)16-10-6-5-9-14/h3-4,7-8,12,15H,2,5-6,10H2,1H3/t12-/m1/s1. The predicted molar refractivity (Wildman–Crippen MR) is 62.0 cm³/mol. The summed E-state index contributed by atoms with van der Waals surface area (Å²) in [6, 6.07) is 9.56. The van der Waals surface area contributed by atoms with Crippen molar-refractivity contribution in [2.24, 2.45) is 0 Å². The van der Waals surface area contributed by atoms with E-state index in [2.05, 4.69) is 6.07 Å². The highest BCUT2D eigenvalue weighted by Gasteiger charge is 2.10. The van der Waals surface area contributed by atoms with Crippen LogP contribution in [0.5, 0.6) is 5.75 Å².